The van der Waals surface area contributed by atoms with Crippen LogP contribution in [0.15, 0.2) is 6.20 Å². The second kappa shape index (κ2) is 3.66. The molecule has 0 bridgehead atoms. The summed E-state index contributed by atoms with van der Waals surface area (Å²) in [6.07, 6.45) is 5.20. The third-order valence-corrected chi connectivity index (χ3v) is 2.06. The van der Waals surface area contributed by atoms with Crippen LogP contribution in [0.3, 0.4) is 0 Å². The predicted octanol–water partition coefficient (Wildman–Crippen LogP) is 0.790. The summed E-state index contributed by atoms with van der Waals surface area (Å²) >= 11 is 0. The second-order valence-electron chi connectivity index (χ2n) is 3.03. The third kappa shape index (κ3) is 1.75. The third-order valence-electron chi connectivity index (χ3n) is 2.06. The molecule has 0 aliphatic carbocycles. The Kier molecular flexibility index (Phi) is 2.35. The maximum Gasteiger partial charge on any atom is 0.171 e. The number of ether oxygens (including phenoxy) is 1. The van der Waals surface area contributed by atoms with E-state index in [9.17, 15) is 4.79 Å². The molecule has 0 saturated carbocycles. The van der Waals surface area contributed by atoms with E-state index >= 15 is 0 Å². The van der Waals surface area contributed by atoms with Gasteiger partial charge in [0.05, 0.1) is 6.20 Å². The van der Waals surface area contributed by atoms with E-state index in [-0.39, 0.29) is 6.23 Å². The summed E-state index contributed by atoms with van der Waals surface area (Å²) in [6.45, 7) is 0.753. The van der Waals surface area contributed by atoms with E-state index in [1.165, 1.54) is 11.0 Å². The summed E-state index contributed by atoms with van der Waals surface area (Å²) in [6, 6.07) is 0. The zero-order valence-electron chi connectivity index (χ0n) is 7.22. The van der Waals surface area contributed by atoms with Crippen molar-refractivity contribution in [3.63, 3.8) is 0 Å². The highest BCUT2D eigenvalue weighted by atomic mass is 16.5. The Balaban J connectivity index is 2.09. The Morgan fingerprint density at radius 2 is 2.54 bits per heavy atom. The molecular formula is C8H11N3O2. The average Bonchev–Trinajstić information content (AvgIpc) is 2.67. The molecule has 1 aliphatic rings. The molecule has 0 radical (unpaired) electrons. The molecule has 0 amide bonds. The van der Waals surface area contributed by atoms with Crippen LogP contribution >= 0.6 is 0 Å². The SMILES string of the molecule is O=Cc1cnn(C2CCCCO2)n1. The molecule has 0 N–H and O–H groups in total. The van der Waals surface area contributed by atoms with Crippen LogP contribution in [0.25, 0.3) is 0 Å². The second-order valence-corrected chi connectivity index (χ2v) is 3.03. The number of aromatic nitrogens is 3. The molecule has 70 valence electrons. The zero-order chi connectivity index (χ0) is 9.10. The first kappa shape index (κ1) is 8.37. The van der Waals surface area contributed by atoms with Gasteiger partial charge in [0.25, 0.3) is 0 Å². The van der Waals surface area contributed by atoms with Crippen molar-refractivity contribution in [1.29, 1.82) is 0 Å². The van der Waals surface area contributed by atoms with Crippen LogP contribution in [0.2, 0.25) is 0 Å². The monoisotopic (exact) mass is 181 g/mol. The van der Waals surface area contributed by atoms with Crippen molar-refractivity contribution >= 4 is 6.29 Å². The van der Waals surface area contributed by atoms with Gasteiger partial charge < -0.3 is 4.74 Å². The molecule has 1 fully saturated rings. The lowest BCUT2D eigenvalue weighted by Gasteiger charge is -2.21. The summed E-state index contributed by atoms with van der Waals surface area (Å²) in [5.74, 6) is 0. The number of hydrogen-bond acceptors (Lipinski definition) is 4. The summed E-state index contributed by atoms with van der Waals surface area (Å²) in [4.78, 5) is 11.8. The fourth-order valence-corrected chi connectivity index (χ4v) is 1.39. The Morgan fingerprint density at radius 3 is 3.15 bits per heavy atom. The molecule has 1 aliphatic heterocycles. The highest BCUT2D eigenvalue weighted by Gasteiger charge is 2.17. The molecule has 0 spiro atoms. The van der Waals surface area contributed by atoms with Crippen molar-refractivity contribution in [2.24, 2.45) is 0 Å². The maximum atomic E-state index is 10.3. The van der Waals surface area contributed by atoms with Crippen LogP contribution in [0.1, 0.15) is 36.0 Å². The van der Waals surface area contributed by atoms with E-state index in [1.807, 2.05) is 0 Å². The molecular weight excluding hydrogens is 170 g/mol. The number of nitrogens with zero attached hydrogens (tertiary/aromatic N) is 3. The Labute approximate surface area is 75.7 Å². The first-order valence-corrected chi connectivity index (χ1v) is 4.39. The van der Waals surface area contributed by atoms with Gasteiger partial charge in [0.2, 0.25) is 0 Å². The minimum atomic E-state index is -0.0811. The predicted molar refractivity (Wildman–Crippen MR) is 44.2 cm³/mol. The molecule has 1 unspecified atom stereocenters. The van der Waals surface area contributed by atoms with Gasteiger partial charge in [0.15, 0.2) is 12.5 Å². The van der Waals surface area contributed by atoms with Crippen molar-refractivity contribution in [3.05, 3.63) is 11.9 Å². The highest BCUT2D eigenvalue weighted by Crippen LogP contribution is 2.20. The average molecular weight is 181 g/mol. The van der Waals surface area contributed by atoms with Gasteiger partial charge in [-0.05, 0) is 19.3 Å². The van der Waals surface area contributed by atoms with Crippen molar-refractivity contribution in [3.8, 4) is 0 Å². The molecule has 0 aromatic carbocycles. The standard InChI is InChI=1S/C8H11N3O2/c12-6-7-5-9-11(10-7)8-3-1-2-4-13-8/h5-6,8H,1-4H2. The minimum absolute atomic E-state index is 0.0811. The van der Waals surface area contributed by atoms with E-state index in [0.29, 0.717) is 12.0 Å². The topological polar surface area (TPSA) is 57.0 Å². The number of aldehydes is 1. The lowest BCUT2D eigenvalue weighted by Crippen LogP contribution is -2.20. The van der Waals surface area contributed by atoms with Crippen LogP contribution in [0.4, 0.5) is 0 Å². The first-order chi connectivity index (χ1) is 6.40. The molecule has 1 aromatic rings. The van der Waals surface area contributed by atoms with E-state index in [0.717, 1.165) is 25.9 Å². The van der Waals surface area contributed by atoms with Crippen LogP contribution in [-0.2, 0) is 4.74 Å². The molecule has 13 heavy (non-hydrogen) atoms. The molecule has 2 heterocycles. The fraction of sp³-hybridized carbons (Fsp3) is 0.625. The van der Waals surface area contributed by atoms with Crippen molar-refractivity contribution < 1.29 is 9.53 Å². The summed E-state index contributed by atoms with van der Waals surface area (Å²) < 4.78 is 5.44. The van der Waals surface area contributed by atoms with E-state index < -0.39 is 0 Å². The van der Waals surface area contributed by atoms with E-state index in [2.05, 4.69) is 10.2 Å². The molecule has 5 heteroatoms. The zero-order valence-corrected chi connectivity index (χ0v) is 7.22. The Hall–Kier alpha value is -1.23. The summed E-state index contributed by atoms with van der Waals surface area (Å²) in [5, 5.41) is 7.92. The molecule has 1 aromatic heterocycles. The molecule has 2 rings (SSSR count). The van der Waals surface area contributed by atoms with Gasteiger partial charge in [-0.2, -0.15) is 9.90 Å². The van der Waals surface area contributed by atoms with Gasteiger partial charge in [0.1, 0.15) is 5.69 Å². The van der Waals surface area contributed by atoms with Gasteiger partial charge in [0, 0.05) is 6.61 Å². The van der Waals surface area contributed by atoms with Crippen LogP contribution in [-0.4, -0.2) is 27.9 Å². The number of carbonyl (C=O) groups excluding carboxylic acids is 1. The fourth-order valence-electron chi connectivity index (χ4n) is 1.39. The van der Waals surface area contributed by atoms with Crippen LogP contribution < -0.4 is 0 Å². The van der Waals surface area contributed by atoms with E-state index in [1.54, 1.807) is 0 Å². The number of rotatable bonds is 2. The van der Waals surface area contributed by atoms with Gasteiger partial charge in [-0.15, -0.1) is 5.10 Å². The smallest absolute Gasteiger partial charge is 0.171 e. The normalized spacial score (nSPS) is 22.9. The first-order valence-electron chi connectivity index (χ1n) is 4.39. The van der Waals surface area contributed by atoms with Gasteiger partial charge in [-0.25, -0.2) is 0 Å². The summed E-state index contributed by atoms with van der Waals surface area (Å²) in [7, 11) is 0. The number of carbonyl (C=O) groups is 1. The van der Waals surface area contributed by atoms with Gasteiger partial charge in [-0.3, -0.25) is 4.79 Å². The maximum absolute atomic E-state index is 10.3. The Bertz CT molecular complexity index is 291. The Morgan fingerprint density at radius 1 is 1.62 bits per heavy atom. The minimum Gasteiger partial charge on any atom is -0.355 e. The van der Waals surface area contributed by atoms with Crippen LogP contribution in [0.5, 0.6) is 0 Å². The number of hydrogen-bond donors (Lipinski definition) is 0. The quantitative estimate of drug-likeness (QED) is 0.633. The lowest BCUT2D eigenvalue weighted by atomic mass is 10.2. The van der Waals surface area contributed by atoms with Crippen molar-refractivity contribution in [2.75, 3.05) is 6.61 Å². The summed E-state index contributed by atoms with van der Waals surface area (Å²) in [5.41, 5.74) is 0.356. The largest absolute Gasteiger partial charge is 0.355 e. The molecule has 5 nitrogen and oxygen atoms in total. The highest BCUT2D eigenvalue weighted by molar-refractivity contribution is 5.70. The van der Waals surface area contributed by atoms with Crippen molar-refractivity contribution in [1.82, 2.24) is 15.0 Å². The van der Waals surface area contributed by atoms with Gasteiger partial charge in [-0.1, -0.05) is 0 Å². The lowest BCUT2D eigenvalue weighted by molar-refractivity contribution is -0.0481. The van der Waals surface area contributed by atoms with Crippen LogP contribution in [0, 0.1) is 0 Å². The molecule has 1 atom stereocenters. The van der Waals surface area contributed by atoms with Gasteiger partial charge >= 0.3 is 0 Å². The van der Waals surface area contributed by atoms with Crippen molar-refractivity contribution in [2.45, 2.75) is 25.5 Å². The molecule has 1 saturated heterocycles. The van der Waals surface area contributed by atoms with E-state index in [4.69, 9.17) is 4.74 Å².